The van der Waals surface area contributed by atoms with Gasteiger partial charge in [0.2, 0.25) is 5.91 Å². The minimum absolute atomic E-state index is 0.0469. The highest BCUT2D eigenvalue weighted by atomic mass is 19.4. The first kappa shape index (κ1) is 17.2. The van der Waals surface area contributed by atoms with Crippen LogP contribution in [0.1, 0.15) is 24.2 Å². The van der Waals surface area contributed by atoms with Crippen molar-refractivity contribution in [2.45, 2.75) is 38.1 Å². The molecule has 2 aromatic heterocycles. The van der Waals surface area contributed by atoms with Gasteiger partial charge in [0.15, 0.2) is 0 Å². The van der Waals surface area contributed by atoms with Crippen molar-refractivity contribution in [3.63, 3.8) is 0 Å². The van der Waals surface area contributed by atoms with E-state index in [1.54, 1.807) is 28.9 Å². The summed E-state index contributed by atoms with van der Waals surface area (Å²) in [6.07, 6.45) is 1.50. The zero-order valence-corrected chi connectivity index (χ0v) is 13.5. The molecule has 3 rings (SSSR count). The molecule has 0 saturated heterocycles. The molecule has 0 aromatic carbocycles. The van der Waals surface area contributed by atoms with Crippen LogP contribution in [0.25, 0.3) is 0 Å². The molecule has 0 N–H and O–H groups in total. The number of aryl methyl sites for hydroxylation is 1. The van der Waals surface area contributed by atoms with Gasteiger partial charge < -0.3 is 14.0 Å². The predicted molar refractivity (Wildman–Crippen MR) is 82.5 cm³/mol. The van der Waals surface area contributed by atoms with E-state index in [-0.39, 0.29) is 12.6 Å². The predicted octanol–water partition coefficient (Wildman–Crippen LogP) is 1.79. The number of nitrogens with zero attached hydrogens (tertiary/aromatic N) is 4. The Morgan fingerprint density at radius 3 is 2.64 bits per heavy atom. The summed E-state index contributed by atoms with van der Waals surface area (Å²) in [4.78, 5) is 30.3. The Balaban J connectivity index is 1.81. The zero-order chi connectivity index (χ0) is 18.2. The molecule has 1 amide bonds. The minimum Gasteiger partial charge on any atom is -0.337 e. The van der Waals surface area contributed by atoms with E-state index in [1.807, 2.05) is 0 Å². The van der Waals surface area contributed by atoms with Crippen LogP contribution in [0.2, 0.25) is 0 Å². The van der Waals surface area contributed by atoms with Crippen molar-refractivity contribution in [2.75, 3.05) is 0 Å². The van der Waals surface area contributed by atoms with E-state index in [4.69, 9.17) is 0 Å². The second-order valence-corrected chi connectivity index (χ2v) is 6.06. The van der Waals surface area contributed by atoms with Crippen molar-refractivity contribution in [1.82, 2.24) is 19.0 Å². The van der Waals surface area contributed by atoms with Crippen LogP contribution < -0.4 is 5.56 Å². The number of rotatable bonds is 5. The fourth-order valence-corrected chi connectivity index (χ4v) is 2.62. The van der Waals surface area contributed by atoms with Gasteiger partial charge in [0.25, 0.3) is 5.56 Å². The van der Waals surface area contributed by atoms with E-state index in [2.05, 4.69) is 4.98 Å². The fourth-order valence-electron chi connectivity index (χ4n) is 2.62. The number of hydrogen-bond acceptors (Lipinski definition) is 3. The summed E-state index contributed by atoms with van der Waals surface area (Å²) >= 11 is 0. The third-order valence-electron chi connectivity index (χ3n) is 4.17. The Labute approximate surface area is 141 Å². The second kappa shape index (κ2) is 6.38. The molecule has 0 bridgehead atoms. The highest BCUT2D eigenvalue weighted by Gasteiger charge is 2.36. The van der Waals surface area contributed by atoms with Gasteiger partial charge in [0, 0.05) is 31.7 Å². The molecular weight excluding hydrogens is 337 g/mol. The lowest BCUT2D eigenvalue weighted by Gasteiger charge is -2.22. The number of halogens is 3. The molecule has 0 unspecified atom stereocenters. The van der Waals surface area contributed by atoms with Crippen molar-refractivity contribution in [3.8, 4) is 0 Å². The Morgan fingerprint density at radius 1 is 1.36 bits per heavy atom. The molecule has 0 atom stereocenters. The molecule has 0 aliphatic heterocycles. The Kier molecular flexibility index (Phi) is 4.40. The molecular formula is C16H17F3N4O2. The van der Waals surface area contributed by atoms with Crippen LogP contribution in [-0.2, 0) is 31.1 Å². The molecule has 2 heterocycles. The van der Waals surface area contributed by atoms with Gasteiger partial charge in [0.05, 0.1) is 6.54 Å². The topological polar surface area (TPSA) is 60.1 Å². The molecule has 134 valence electrons. The Bertz CT molecular complexity index is 836. The molecule has 2 aromatic rings. The third kappa shape index (κ3) is 3.75. The number of aromatic nitrogens is 3. The molecule has 1 saturated carbocycles. The third-order valence-corrected chi connectivity index (χ3v) is 4.17. The highest BCUT2D eigenvalue weighted by Crippen LogP contribution is 2.29. The molecule has 0 radical (unpaired) electrons. The summed E-state index contributed by atoms with van der Waals surface area (Å²) < 4.78 is 41.1. The number of hydrogen-bond donors (Lipinski definition) is 0. The normalized spacial score (nSPS) is 14.6. The Morgan fingerprint density at radius 2 is 2.08 bits per heavy atom. The summed E-state index contributed by atoms with van der Waals surface area (Å²) in [5.41, 5.74) is -2.49. The van der Waals surface area contributed by atoms with Crippen molar-refractivity contribution in [1.29, 1.82) is 0 Å². The smallest absolute Gasteiger partial charge is 0.337 e. The maximum Gasteiger partial charge on any atom is 0.421 e. The lowest BCUT2D eigenvalue weighted by atomic mass is 10.2. The monoisotopic (exact) mass is 354 g/mol. The Hall–Kier alpha value is -2.58. The van der Waals surface area contributed by atoms with Crippen molar-refractivity contribution < 1.29 is 18.0 Å². The zero-order valence-electron chi connectivity index (χ0n) is 13.5. The number of alkyl halides is 3. The van der Waals surface area contributed by atoms with E-state index in [0.29, 0.717) is 5.82 Å². The first-order chi connectivity index (χ1) is 11.8. The van der Waals surface area contributed by atoms with E-state index >= 15 is 0 Å². The van der Waals surface area contributed by atoms with E-state index in [9.17, 15) is 22.8 Å². The van der Waals surface area contributed by atoms with Crippen LogP contribution in [0.4, 0.5) is 13.2 Å². The number of carbonyl (C=O) groups excluding carboxylic acids is 1. The van der Waals surface area contributed by atoms with Crippen LogP contribution in [-0.4, -0.2) is 31.0 Å². The van der Waals surface area contributed by atoms with Crippen LogP contribution in [0.3, 0.4) is 0 Å². The summed E-state index contributed by atoms with van der Waals surface area (Å²) in [5.74, 6) is 0.281. The average molecular weight is 354 g/mol. The number of imidazole rings is 1. The molecule has 0 spiro atoms. The lowest BCUT2D eigenvalue weighted by molar-refractivity contribution is -0.139. The number of amides is 1. The lowest BCUT2D eigenvalue weighted by Crippen LogP contribution is -2.39. The van der Waals surface area contributed by atoms with Crippen molar-refractivity contribution >= 4 is 5.91 Å². The van der Waals surface area contributed by atoms with Gasteiger partial charge in [-0.2, -0.15) is 13.2 Å². The number of carbonyl (C=O) groups is 1. The van der Waals surface area contributed by atoms with Gasteiger partial charge in [-0.1, -0.05) is 0 Å². The van der Waals surface area contributed by atoms with Crippen LogP contribution >= 0.6 is 0 Å². The van der Waals surface area contributed by atoms with Gasteiger partial charge in [0.1, 0.15) is 17.9 Å². The van der Waals surface area contributed by atoms with Gasteiger partial charge in [-0.25, -0.2) is 4.98 Å². The molecule has 1 fully saturated rings. The highest BCUT2D eigenvalue weighted by molar-refractivity contribution is 5.76. The van der Waals surface area contributed by atoms with Gasteiger partial charge >= 0.3 is 6.18 Å². The quantitative estimate of drug-likeness (QED) is 0.823. The van der Waals surface area contributed by atoms with E-state index < -0.39 is 29.8 Å². The summed E-state index contributed by atoms with van der Waals surface area (Å²) in [7, 11) is 1.80. The molecule has 9 heteroatoms. The van der Waals surface area contributed by atoms with E-state index in [1.165, 1.54) is 6.20 Å². The van der Waals surface area contributed by atoms with Gasteiger partial charge in [-0.15, -0.1) is 0 Å². The standard InChI is InChI=1S/C16H17F3N4O2/c1-21-8-6-20-13(21)9-23(11-4-5-11)14(24)10-22-7-2-3-12(15(22)25)16(17,18)19/h2-3,6-8,11H,4-5,9-10H2,1H3. The molecule has 1 aliphatic rings. The molecule has 6 nitrogen and oxygen atoms in total. The van der Waals surface area contributed by atoms with Crippen LogP contribution in [0.5, 0.6) is 0 Å². The minimum atomic E-state index is -4.74. The molecule has 1 aliphatic carbocycles. The summed E-state index contributed by atoms with van der Waals surface area (Å²) in [6.45, 7) is -0.162. The largest absolute Gasteiger partial charge is 0.421 e. The summed E-state index contributed by atoms with van der Waals surface area (Å²) in [5, 5.41) is 0. The fraction of sp³-hybridized carbons (Fsp3) is 0.438. The van der Waals surface area contributed by atoms with Crippen LogP contribution in [0, 0.1) is 0 Å². The molecule has 25 heavy (non-hydrogen) atoms. The first-order valence-electron chi connectivity index (χ1n) is 7.79. The summed E-state index contributed by atoms with van der Waals surface area (Å²) in [6, 6.07) is 1.89. The van der Waals surface area contributed by atoms with Gasteiger partial charge in [-0.3, -0.25) is 9.59 Å². The van der Waals surface area contributed by atoms with E-state index in [0.717, 1.165) is 29.5 Å². The van der Waals surface area contributed by atoms with Gasteiger partial charge in [-0.05, 0) is 25.0 Å². The SMILES string of the molecule is Cn1ccnc1CN(C(=O)Cn1cccc(C(F)(F)F)c1=O)C1CC1. The average Bonchev–Trinajstić information content (AvgIpc) is 3.29. The van der Waals surface area contributed by atoms with Crippen molar-refractivity contribution in [2.24, 2.45) is 7.05 Å². The van der Waals surface area contributed by atoms with Crippen LogP contribution in [0.15, 0.2) is 35.5 Å². The first-order valence-corrected chi connectivity index (χ1v) is 7.79. The van der Waals surface area contributed by atoms with Crippen molar-refractivity contribution in [3.05, 3.63) is 52.5 Å². The second-order valence-electron chi connectivity index (χ2n) is 6.06. The maximum absolute atomic E-state index is 12.8. The number of pyridine rings is 1. The maximum atomic E-state index is 12.8.